The summed E-state index contributed by atoms with van der Waals surface area (Å²) in [4.78, 5) is 16.2. The third-order valence-electron chi connectivity index (χ3n) is 8.73. The van der Waals surface area contributed by atoms with Crippen LogP contribution >= 0.6 is 0 Å². The van der Waals surface area contributed by atoms with Crippen LogP contribution in [-0.4, -0.2) is 30.1 Å². The third-order valence-corrected chi connectivity index (χ3v) is 8.73. The number of aromatic nitrogens is 1. The van der Waals surface area contributed by atoms with E-state index < -0.39 is 5.41 Å². The molecule has 2 heterocycles. The van der Waals surface area contributed by atoms with Gasteiger partial charge in [-0.15, -0.1) is 18.2 Å². The topological polar surface area (TPSA) is 81.8 Å². The number of ether oxygens (including phenoxy) is 2. The van der Waals surface area contributed by atoms with E-state index in [1.165, 1.54) is 22.2 Å². The normalized spacial score (nSPS) is 12.0. The summed E-state index contributed by atoms with van der Waals surface area (Å²) >= 11 is 0. The van der Waals surface area contributed by atoms with Crippen molar-refractivity contribution in [2.45, 2.75) is 41.5 Å². The zero-order valence-electron chi connectivity index (χ0n) is 30.2. The number of hydrogen-bond donors (Lipinski definition) is 1. The van der Waals surface area contributed by atoms with Gasteiger partial charge in [-0.25, -0.2) is 0 Å². The van der Waals surface area contributed by atoms with Crippen LogP contribution in [0.15, 0.2) is 113 Å². The van der Waals surface area contributed by atoms with Crippen LogP contribution in [0.5, 0.6) is 11.5 Å². The van der Waals surface area contributed by atoms with Crippen LogP contribution < -0.4 is 9.47 Å². The van der Waals surface area contributed by atoms with Gasteiger partial charge in [0.25, 0.3) is 0 Å². The summed E-state index contributed by atoms with van der Waals surface area (Å²) in [5, 5.41) is 16.5. The van der Waals surface area contributed by atoms with E-state index in [2.05, 4.69) is 71.7 Å². The summed E-state index contributed by atoms with van der Waals surface area (Å²) in [6, 6.07) is 34.5. The number of allylic oxidation sites excluding steroid dienone is 2. The Kier molecular flexibility index (Phi) is 10.8. The maximum Gasteiger partial charge on any atom is 0.164 e. The fraction of sp³-hybridized carbons (Fsp3) is 0.227. The summed E-state index contributed by atoms with van der Waals surface area (Å²) in [7, 11) is 3.31. The van der Waals surface area contributed by atoms with Gasteiger partial charge in [-0.05, 0) is 80.8 Å². The Morgan fingerprint density at radius 3 is 1.96 bits per heavy atom. The molecule has 0 aliphatic heterocycles. The molecule has 0 bridgehead atoms. The number of pyridine rings is 1. The number of aliphatic hydroxyl groups is 1. The van der Waals surface area contributed by atoms with Crippen LogP contribution in [0.4, 0.5) is 0 Å². The Bertz CT molecular complexity index is 2390. The summed E-state index contributed by atoms with van der Waals surface area (Å²) in [5.74, 6) is 1.57. The first-order chi connectivity index (χ1) is 23.7. The van der Waals surface area contributed by atoms with Crippen molar-refractivity contribution in [3.8, 4) is 33.9 Å². The molecule has 51 heavy (non-hydrogen) atoms. The number of ketones is 1. The van der Waals surface area contributed by atoms with E-state index in [1.807, 2.05) is 78.1 Å². The molecule has 0 amide bonds. The fourth-order valence-corrected chi connectivity index (χ4v) is 5.65. The summed E-state index contributed by atoms with van der Waals surface area (Å²) < 4.78 is 17.4. The van der Waals surface area contributed by atoms with Crippen molar-refractivity contribution in [1.82, 2.24) is 4.98 Å². The SMILES string of the molecule is CC(C)(C)C(=O)/C=C(\O)C(C)(C)C.COc1cc(OC)cc(-c2ccnc(-c3[c-]ccc4c3oc3cc5cc6ccccc6cc5cc34)c2)c1.[Ir]. The standard InChI is InChI=1S/C33H22NO3.C11H20O2.Ir/c1-35-26-14-25(15-27(19-26)36-2)22-10-11-34-31(17-22)29-9-5-8-28-30-16-23-12-20-6-3-4-7-21(20)13-24(23)18-32(30)37-33(28)29;1-10(2,3)8(12)7-9(13)11(4,5)6;/h3-8,10-19H,1-2H3;7,12H,1-6H3;/q-1;;/b;8-7-;. The molecule has 0 atom stereocenters. The molecule has 0 fully saturated rings. The average Bonchev–Trinajstić information content (AvgIpc) is 3.46. The first kappa shape index (κ1) is 37.3. The van der Waals surface area contributed by atoms with Crippen molar-refractivity contribution in [2.75, 3.05) is 14.2 Å². The predicted molar refractivity (Wildman–Crippen MR) is 204 cm³/mol. The number of nitrogens with zero attached hydrogens (tertiary/aromatic N) is 1. The molecule has 7 rings (SSSR count). The van der Waals surface area contributed by atoms with Gasteiger partial charge in [0.1, 0.15) is 22.8 Å². The Hall–Kier alpha value is -4.97. The zero-order valence-corrected chi connectivity index (χ0v) is 32.6. The minimum absolute atomic E-state index is 0. The zero-order chi connectivity index (χ0) is 35.8. The van der Waals surface area contributed by atoms with Gasteiger partial charge in [-0.3, -0.25) is 4.79 Å². The van der Waals surface area contributed by atoms with E-state index in [9.17, 15) is 9.90 Å². The fourth-order valence-electron chi connectivity index (χ4n) is 5.65. The van der Waals surface area contributed by atoms with Crippen molar-refractivity contribution < 1.29 is 43.9 Å². The number of hydrogen-bond acceptors (Lipinski definition) is 6. The largest absolute Gasteiger partial charge is 0.512 e. The van der Waals surface area contributed by atoms with Gasteiger partial charge in [0, 0.05) is 54.7 Å². The van der Waals surface area contributed by atoms with Crippen LogP contribution in [0.25, 0.3) is 65.9 Å². The number of furan rings is 1. The minimum Gasteiger partial charge on any atom is -0.512 e. The molecule has 7 heteroatoms. The Morgan fingerprint density at radius 2 is 1.37 bits per heavy atom. The molecule has 263 valence electrons. The molecule has 5 aromatic carbocycles. The maximum absolute atomic E-state index is 11.5. The molecule has 0 saturated carbocycles. The van der Waals surface area contributed by atoms with Crippen molar-refractivity contribution >= 4 is 49.3 Å². The Balaban J connectivity index is 0.000000310. The van der Waals surface area contributed by atoms with Crippen LogP contribution in [-0.2, 0) is 24.9 Å². The van der Waals surface area contributed by atoms with Gasteiger partial charge < -0.3 is 24.0 Å². The Labute approximate surface area is 312 Å². The van der Waals surface area contributed by atoms with Gasteiger partial charge >= 0.3 is 0 Å². The number of rotatable bonds is 5. The quantitative estimate of drug-likeness (QED) is 0.0804. The van der Waals surface area contributed by atoms with Gasteiger partial charge in [0.05, 0.1) is 19.8 Å². The first-order valence-electron chi connectivity index (χ1n) is 16.6. The van der Waals surface area contributed by atoms with E-state index in [4.69, 9.17) is 13.9 Å². The van der Waals surface area contributed by atoms with E-state index >= 15 is 0 Å². The van der Waals surface area contributed by atoms with Crippen LogP contribution in [0.2, 0.25) is 0 Å². The number of benzene rings is 5. The van der Waals surface area contributed by atoms with Crippen molar-refractivity contribution in [3.63, 3.8) is 0 Å². The Morgan fingerprint density at radius 1 is 0.745 bits per heavy atom. The maximum atomic E-state index is 11.5. The number of carbonyl (C=O) groups excluding carboxylic acids is 1. The predicted octanol–water partition coefficient (Wildman–Crippen LogP) is 11.5. The number of methoxy groups -OCH3 is 2. The molecule has 0 aliphatic rings. The average molecular weight is 857 g/mol. The summed E-state index contributed by atoms with van der Waals surface area (Å²) in [5.41, 5.74) is 4.48. The molecule has 1 radical (unpaired) electrons. The van der Waals surface area contributed by atoms with Crippen molar-refractivity contribution in [1.29, 1.82) is 0 Å². The van der Waals surface area contributed by atoms with Crippen molar-refractivity contribution in [2.24, 2.45) is 10.8 Å². The van der Waals surface area contributed by atoms with Gasteiger partial charge in [0.2, 0.25) is 0 Å². The van der Waals surface area contributed by atoms with Crippen molar-refractivity contribution in [3.05, 3.63) is 115 Å². The molecule has 1 N–H and O–H groups in total. The van der Waals surface area contributed by atoms with Crippen LogP contribution in [0, 0.1) is 16.9 Å². The second kappa shape index (κ2) is 14.7. The number of carbonyl (C=O) groups is 1. The van der Waals surface area contributed by atoms with E-state index in [0.29, 0.717) is 0 Å². The molecular weight excluding hydrogens is 815 g/mol. The molecular formula is C44H42IrNO5-. The number of fused-ring (bicyclic) bond motifs is 5. The minimum atomic E-state index is -0.417. The second-order valence-corrected chi connectivity index (χ2v) is 14.5. The summed E-state index contributed by atoms with van der Waals surface area (Å²) in [6.07, 6.45) is 3.14. The second-order valence-electron chi connectivity index (χ2n) is 14.5. The van der Waals surface area contributed by atoms with Crippen LogP contribution in [0.3, 0.4) is 0 Å². The van der Waals surface area contributed by atoms with Crippen LogP contribution in [0.1, 0.15) is 41.5 Å². The van der Waals surface area contributed by atoms with E-state index in [0.717, 1.165) is 61.2 Å². The number of aliphatic hydroxyl groups excluding tert-OH is 1. The third kappa shape index (κ3) is 8.01. The van der Waals surface area contributed by atoms with Gasteiger partial charge in [-0.2, -0.15) is 0 Å². The molecule has 0 spiro atoms. The molecule has 0 unspecified atom stereocenters. The summed E-state index contributed by atoms with van der Waals surface area (Å²) in [6.45, 7) is 11.1. The molecule has 7 aromatic rings. The van der Waals surface area contributed by atoms with E-state index in [-0.39, 0.29) is 37.1 Å². The first-order valence-corrected chi connectivity index (χ1v) is 16.6. The molecule has 6 nitrogen and oxygen atoms in total. The monoisotopic (exact) mass is 857 g/mol. The van der Waals surface area contributed by atoms with Gasteiger partial charge in [-0.1, -0.05) is 82.8 Å². The smallest absolute Gasteiger partial charge is 0.164 e. The molecule has 0 saturated heterocycles. The van der Waals surface area contributed by atoms with Gasteiger partial charge in [0.15, 0.2) is 5.78 Å². The molecule has 0 aliphatic carbocycles. The van der Waals surface area contributed by atoms with E-state index in [1.54, 1.807) is 14.2 Å². The molecule has 2 aromatic heterocycles.